The van der Waals surface area contributed by atoms with E-state index in [1.807, 2.05) is 12.1 Å². The van der Waals surface area contributed by atoms with Gasteiger partial charge < -0.3 is 5.32 Å². The van der Waals surface area contributed by atoms with Crippen molar-refractivity contribution in [1.82, 2.24) is 15.3 Å². The molecule has 0 aliphatic rings. The van der Waals surface area contributed by atoms with Gasteiger partial charge in [-0.3, -0.25) is 4.79 Å². The number of pyridine rings is 2. The molecule has 5 rings (SSSR count). The van der Waals surface area contributed by atoms with Crippen LogP contribution in [0.4, 0.5) is 26.3 Å². The predicted octanol–water partition coefficient (Wildman–Crippen LogP) is 8.09. The molecule has 5 aromatic rings. The van der Waals surface area contributed by atoms with Crippen LogP contribution in [0.15, 0.2) is 97.2 Å². The predicted molar refractivity (Wildman–Crippen MR) is 142 cm³/mol. The summed E-state index contributed by atoms with van der Waals surface area (Å²) in [6.45, 7) is 1.51. The standard InChI is InChI=1S/C31H21F6N3O/c1-18(19-4-6-20(7-5-19)23-10-14-26(32)25(17-23)31(35,36)37)39-29(41)30(33,34)24-12-8-21(9-13-24)27-15-11-22-3-2-16-38-28(22)40-27/h2-18H,1H3,(H,39,41)/t18-/m0/s1. The Bertz CT molecular complexity index is 1720. The molecule has 0 aliphatic heterocycles. The molecule has 0 radical (unpaired) electrons. The van der Waals surface area contributed by atoms with Crippen molar-refractivity contribution >= 4 is 16.9 Å². The van der Waals surface area contributed by atoms with E-state index in [-0.39, 0.29) is 5.56 Å². The number of aromatic nitrogens is 2. The summed E-state index contributed by atoms with van der Waals surface area (Å²) in [5.74, 6) is -6.73. The van der Waals surface area contributed by atoms with Crippen LogP contribution < -0.4 is 5.32 Å². The van der Waals surface area contributed by atoms with Crippen LogP contribution in [-0.4, -0.2) is 15.9 Å². The van der Waals surface area contributed by atoms with E-state index in [0.717, 1.165) is 23.6 Å². The zero-order valence-electron chi connectivity index (χ0n) is 21.4. The van der Waals surface area contributed by atoms with Crippen molar-refractivity contribution in [2.75, 3.05) is 0 Å². The van der Waals surface area contributed by atoms with Crippen molar-refractivity contribution < 1.29 is 31.1 Å². The van der Waals surface area contributed by atoms with E-state index < -0.39 is 41.0 Å². The van der Waals surface area contributed by atoms with Gasteiger partial charge in [-0.1, -0.05) is 54.6 Å². The van der Waals surface area contributed by atoms with Crippen LogP contribution in [0.5, 0.6) is 0 Å². The van der Waals surface area contributed by atoms with Gasteiger partial charge in [0, 0.05) is 22.7 Å². The van der Waals surface area contributed by atoms with Crippen molar-refractivity contribution in [3.05, 3.63) is 120 Å². The second-order valence-electron chi connectivity index (χ2n) is 9.41. The monoisotopic (exact) mass is 565 g/mol. The Kier molecular flexibility index (Phi) is 7.25. The third-order valence-corrected chi connectivity index (χ3v) is 6.66. The number of rotatable bonds is 6. The lowest BCUT2D eigenvalue weighted by Gasteiger charge is -2.21. The highest BCUT2D eigenvalue weighted by atomic mass is 19.4. The first kappa shape index (κ1) is 27.8. The van der Waals surface area contributed by atoms with E-state index in [1.165, 1.54) is 49.4 Å². The number of amides is 1. The fraction of sp³-hybridized carbons (Fsp3) is 0.129. The molecule has 0 unspecified atom stereocenters. The highest BCUT2D eigenvalue weighted by molar-refractivity contribution is 5.85. The molecule has 208 valence electrons. The van der Waals surface area contributed by atoms with Gasteiger partial charge in [0.25, 0.3) is 5.91 Å². The minimum absolute atomic E-state index is 0.132. The number of hydrogen-bond donors (Lipinski definition) is 1. The molecule has 0 aliphatic carbocycles. The third-order valence-electron chi connectivity index (χ3n) is 6.66. The van der Waals surface area contributed by atoms with Crippen LogP contribution in [0, 0.1) is 5.82 Å². The van der Waals surface area contributed by atoms with Gasteiger partial charge in [0.15, 0.2) is 5.65 Å². The molecule has 0 saturated heterocycles. The van der Waals surface area contributed by atoms with Gasteiger partial charge >= 0.3 is 12.1 Å². The van der Waals surface area contributed by atoms with Gasteiger partial charge in [-0.05, 0) is 60.0 Å². The maximum atomic E-state index is 15.1. The quantitative estimate of drug-likeness (QED) is 0.212. The van der Waals surface area contributed by atoms with E-state index in [0.29, 0.717) is 34.1 Å². The number of benzene rings is 3. The molecule has 4 nitrogen and oxygen atoms in total. The van der Waals surface area contributed by atoms with Crippen LogP contribution in [0.3, 0.4) is 0 Å². The zero-order valence-corrected chi connectivity index (χ0v) is 21.4. The molecule has 0 bridgehead atoms. The van der Waals surface area contributed by atoms with E-state index in [2.05, 4.69) is 15.3 Å². The molecular formula is C31H21F6N3O. The summed E-state index contributed by atoms with van der Waals surface area (Å²) >= 11 is 0. The molecule has 0 saturated carbocycles. The number of fused-ring (bicyclic) bond motifs is 1. The molecule has 2 heterocycles. The number of halogens is 6. The van der Waals surface area contributed by atoms with Crippen molar-refractivity contribution in [3.8, 4) is 22.4 Å². The fourth-order valence-electron chi connectivity index (χ4n) is 4.35. The lowest BCUT2D eigenvalue weighted by molar-refractivity contribution is -0.147. The molecule has 2 aromatic heterocycles. The Morgan fingerprint density at radius 3 is 2.15 bits per heavy atom. The third kappa shape index (κ3) is 5.77. The number of alkyl halides is 5. The molecule has 1 atom stereocenters. The van der Waals surface area contributed by atoms with Crippen LogP contribution in [0.25, 0.3) is 33.4 Å². The second-order valence-corrected chi connectivity index (χ2v) is 9.41. The molecule has 0 fully saturated rings. The summed E-state index contributed by atoms with van der Waals surface area (Å²) in [6.07, 6.45) is -3.25. The van der Waals surface area contributed by atoms with Crippen LogP contribution in [-0.2, 0) is 16.9 Å². The summed E-state index contributed by atoms with van der Waals surface area (Å²) in [5, 5.41) is 3.13. The fourth-order valence-corrected chi connectivity index (χ4v) is 4.35. The lowest BCUT2D eigenvalue weighted by atomic mass is 9.99. The van der Waals surface area contributed by atoms with Gasteiger partial charge in [-0.2, -0.15) is 22.0 Å². The molecular weight excluding hydrogens is 544 g/mol. The topological polar surface area (TPSA) is 54.9 Å². The summed E-state index contributed by atoms with van der Waals surface area (Å²) in [4.78, 5) is 21.2. The molecule has 1 N–H and O–H groups in total. The molecule has 10 heteroatoms. The Balaban J connectivity index is 1.28. The van der Waals surface area contributed by atoms with Crippen LogP contribution >= 0.6 is 0 Å². The number of hydrogen-bond acceptors (Lipinski definition) is 3. The second kappa shape index (κ2) is 10.7. The first-order valence-corrected chi connectivity index (χ1v) is 12.4. The van der Waals surface area contributed by atoms with Crippen molar-refractivity contribution in [2.45, 2.75) is 25.1 Å². The Morgan fingerprint density at radius 2 is 1.46 bits per heavy atom. The number of carbonyl (C=O) groups is 1. The summed E-state index contributed by atoms with van der Waals surface area (Å²) in [7, 11) is 0. The summed E-state index contributed by atoms with van der Waals surface area (Å²) in [5.41, 5.74) is 0.689. The van der Waals surface area contributed by atoms with Crippen molar-refractivity contribution in [3.63, 3.8) is 0 Å². The largest absolute Gasteiger partial charge is 0.419 e. The van der Waals surface area contributed by atoms with Crippen LogP contribution in [0.2, 0.25) is 0 Å². The smallest absolute Gasteiger partial charge is 0.344 e. The summed E-state index contributed by atoms with van der Waals surface area (Å²) < 4.78 is 82.9. The van der Waals surface area contributed by atoms with E-state index in [4.69, 9.17) is 0 Å². The number of carbonyl (C=O) groups excluding carboxylic acids is 1. The zero-order chi connectivity index (χ0) is 29.4. The molecule has 0 spiro atoms. The van der Waals surface area contributed by atoms with E-state index >= 15 is 8.78 Å². The summed E-state index contributed by atoms with van der Waals surface area (Å²) in [6, 6.07) is 20.2. The minimum atomic E-state index is -4.85. The Hall–Kier alpha value is -4.73. The van der Waals surface area contributed by atoms with Gasteiger partial charge in [-0.15, -0.1) is 0 Å². The first-order chi connectivity index (χ1) is 19.4. The molecule has 41 heavy (non-hydrogen) atoms. The van der Waals surface area contributed by atoms with Gasteiger partial charge in [0.2, 0.25) is 0 Å². The molecule has 3 aromatic carbocycles. The average molecular weight is 566 g/mol. The van der Waals surface area contributed by atoms with Crippen molar-refractivity contribution in [1.29, 1.82) is 0 Å². The highest BCUT2D eigenvalue weighted by Gasteiger charge is 2.41. The normalized spacial score (nSPS) is 12.8. The molecule has 1 amide bonds. The van der Waals surface area contributed by atoms with Gasteiger partial charge in [0.1, 0.15) is 5.82 Å². The highest BCUT2D eigenvalue weighted by Crippen LogP contribution is 2.35. The first-order valence-electron chi connectivity index (χ1n) is 12.4. The Labute approximate surface area is 230 Å². The maximum absolute atomic E-state index is 15.1. The number of nitrogens with zero attached hydrogens (tertiary/aromatic N) is 2. The van der Waals surface area contributed by atoms with Gasteiger partial charge in [-0.25, -0.2) is 14.4 Å². The van der Waals surface area contributed by atoms with Crippen LogP contribution in [0.1, 0.15) is 29.7 Å². The van der Waals surface area contributed by atoms with E-state index in [9.17, 15) is 22.4 Å². The minimum Gasteiger partial charge on any atom is -0.344 e. The maximum Gasteiger partial charge on any atom is 0.419 e. The Morgan fingerprint density at radius 1 is 0.805 bits per heavy atom. The average Bonchev–Trinajstić information content (AvgIpc) is 2.96. The van der Waals surface area contributed by atoms with E-state index in [1.54, 1.807) is 18.3 Å². The van der Waals surface area contributed by atoms with Gasteiger partial charge in [0.05, 0.1) is 17.3 Å². The number of nitrogens with one attached hydrogen (secondary N) is 1. The lowest BCUT2D eigenvalue weighted by Crippen LogP contribution is -2.39. The van der Waals surface area contributed by atoms with Crippen molar-refractivity contribution in [2.24, 2.45) is 0 Å². The SMILES string of the molecule is C[C@H](NC(=O)C(F)(F)c1ccc(-c2ccc3cccnc3n2)cc1)c1ccc(-c2ccc(F)c(C(F)(F)F)c2)cc1.